The zero-order chi connectivity index (χ0) is 41.0. The molecule has 3 aromatic heterocycles. The van der Waals surface area contributed by atoms with Crippen LogP contribution in [0.15, 0.2) is 221 Å². The Labute approximate surface area is 357 Å². The summed E-state index contributed by atoms with van der Waals surface area (Å²) in [4.78, 5) is 15.4. The Morgan fingerprint density at radius 2 is 0.726 bits per heavy atom. The van der Waals surface area contributed by atoms with E-state index in [1.165, 1.54) is 0 Å². The Hall–Kier alpha value is -8.41. The molecule has 5 heteroatoms. The zero-order valence-electron chi connectivity index (χ0n) is 33.4. The summed E-state index contributed by atoms with van der Waals surface area (Å²) < 4.78 is 12.9. The van der Waals surface area contributed by atoms with E-state index < -0.39 is 0 Å². The lowest BCUT2D eigenvalue weighted by Crippen LogP contribution is -2.00. The van der Waals surface area contributed by atoms with Crippen molar-refractivity contribution in [3.05, 3.63) is 212 Å². The average molecular weight is 794 g/mol. The maximum absolute atomic E-state index is 6.72. The zero-order valence-corrected chi connectivity index (χ0v) is 33.4. The van der Waals surface area contributed by atoms with Crippen molar-refractivity contribution in [2.24, 2.45) is 0 Å². The summed E-state index contributed by atoms with van der Waals surface area (Å²) in [5.41, 5.74) is 14.9. The Kier molecular flexibility index (Phi) is 8.42. The molecule has 0 radical (unpaired) electrons. The van der Waals surface area contributed by atoms with E-state index in [9.17, 15) is 0 Å². The van der Waals surface area contributed by atoms with Gasteiger partial charge in [-0.3, -0.25) is 0 Å². The van der Waals surface area contributed by atoms with Crippen LogP contribution in [0.1, 0.15) is 0 Å². The number of aromatic nitrogens is 3. The van der Waals surface area contributed by atoms with Crippen LogP contribution in [0.5, 0.6) is 0 Å². The minimum Gasteiger partial charge on any atom is -0.456 e. The number of fused-ring (bicyclic) bond motifs is 6. The first-order chi connectivity index (χ1) is 30.7. The molecule has 290 valence electrons. The highest BCUT2D eigenvalue weighted by Crippen LogP contribution is 2.43. The van der Waals surface area contributed by atoms with E-state index in [2.05, 4.69) is 176 Å². The molecule has 0 aliphatic rings. The minimum atomic E-state index is 0.596. The molecule has 0 bridgehead atoms. The Morgan fingerprint density at radius 3 is 1.37 bits per heavy atom. The van der Waals surface area contributed by atoms with Crippen molar-refractivity contribution in [3.63, 3.8) is 0 Å². The summed E-state index contributed by atoms with van der Waals surface area (Å²) in [6, 6.07) is 73.4. The molecule has 3 heterocycles. The molecule has 0 saturated carbocycles. The SMILES string of the molecule is c1ccc(-c2cccc(-c3nc(-c4ccc(-c5ccc(-c6ccc7oc8ccccc8c7c6)c6c5oc5ccccc56)cc4)nc(-c4cccc(-c5ccccc5)c4)n3)c2)cc1. The molecule has 0 N–H and O–H groups in total. The third kappa shape index (κ3) is 6.23. The van der Waals surface area contributed by atoms with Crippen LogP contribution in [-0.4, -0.2) is 15.0 Å². The lowest BCUT2D eigenvalue weighted by molar-refractivity contribution is 0.669. The van der Waals surface area contributed by atoms with E-state index in [0.717, 1.165) is 105 Å². The van der Waals surface area contributed by atoms with Crippen LogP contribution >= 0.6 is 0 Å². The third-order valence-electron chi connectivity index (χ3n) is 11.8. The molecule has 0 saturated heterocycles. The second-order valence-electron chi connectivity index (χ2n) is 15.5. The van der Waals surface area contributed by atoms with E-state index in [1.807, 2.05) is 36.4 Å². The number of furan rings is 2. The average Bonchev–Trinajstić information content (AvgIpc) is 3.93. The molecule has 0 atom stereocenters. The highest BCUT2D eigenvalue weighted by molar-refractivity contribution is 6.17. The van der Waals surface area contributed by atoms with Crippen molar-refractivity contribution in [1.82, 2.24) is 15.0 Å². The summed E-state index contributed by atoms with van der Waals surface area (Å²) in [7, 11) is 0. The first-order valence-electron chi connectivity index (χ1n) is 20.7. The molecule has 12 aromatic rings. The lowest BCUT2D eigenvalue weighted by Gasteiger charge is -2.11. The van der Waals surface area contributed by atoms with Gasteiger partial charge in [-0.25, -0.2) is 15.0 Å². The van der Waals surface area contributed by atoms with Crippen LogP contribution < -0.4 is 0 Å². The lowest BCUT2D eigenvalue weighted by atomic mass is 9.93. The molecule has 0 unspecified atom stereocenters. The van der Waals surface area contributed by atoms with Crippen LogP contribution in [0.2, 0.25) is 0 Å². The summed E-state index contributed by atoms with van der Waals surface area (Å²) >= 11 is 0. The summed E-state index contributed by atoms with van der Waals surface area (Å²) in [5.74, 6) is 1.81. The third-order valence-corrected chi connectivity index (χ3v) is 11.8. The normalized spacial score (nSPS) is 11.5. The van der Waals surface area contributed by atoms with Crippen LogP contribution in [0.3, 0.4) is 0 Å². The Bertz CT molecular complexity index is 3530. The molecule has 0 spiro atoms. The van der Waals surface area contributed by atoms with E-state index in [1.54, 1.807) is 0 Å². The van der Waals surface area contributed by atoms with Gasteiger partial charge in [-0.1, -0.05) is 170 Å². The second kappa shape index (κ2) is 14.7. The maximum Gasteiger partial charge on any atom is 0.164 e. The number of hydrogen-bond donors (Lipinski definition) is 0. The fourth-order valence-corrected chi connectivity index (χ4v) is 8.69. The van der Waals surface area contributed by atoms with E-state index >= 15 is 0 Å². The Morgan fingerprint density at radius 1 is 0.258 bits per heavy atom. The van der Waals surface area contributed by atoms with Gasteiger partial charge >= 0.3 is 0 Å². The van der Waals surface area contributed by atoms with Gasteiger partial charge in [0.15, 0.2) is 17.5 Å². The van der Waals surface area contributed by atoms with Crippen molar-refractivity contribution < 1.29 is 8.83 Å². The van der Waals surface area contributed by atoms with Crippen molar-refractivity contribution in [2.75, 3.05) is 0 Å². The highest BCUT2D eigenvalue weighted by Gasteiger charge is 2.19. The van der Waals surface area contributed by atoms with Gasteiger partial charge in [0.2, 0.25) is 0 Å². The van der Waals surface area contributed by atoms with Gasteiger partial charge in [-0.05, 0) is 81.4 Å². The molecule has 9 aromatic carbocycles. The van der Waals surface area contributed by atoms with Crippen LogP contribution in [0.4, 0.5) is 0 Å². The van der Waals surface area contributed by atoms with Crippen LogP contribution in [0.25, 0.3) is 123 Å². The van der Waals surface area contributed by atoms with Gasteiger partial charge in [0.25, 0.3) is 0 Å². The maximum atomic E-state index is 6.72. The molecule has 62 heavy (non-hydrogen) atoms. The number of para-hydroxylation sites is 2. The van der Waals surface area contributed by atoms with Gasteiger partial charge in [-0.15, -0.1) is 0 Å². The van der Waals surface area contributed by atoms with Crippen molar-refractivity contribution >= 4 is 43.9 Å². The summed E-state index contributed by atoms with van der Waals surface area (Å²) in [6.45, 7) is 0. The molecule has 0 aliphatic heterocycles. The van der Waals surface area contributed by atoms with Crippen molar-refractivity contribution in [1.29, 1.82) is 0 Å². The van der Waals surface area contributed by atoms with Crippen molar-refractivity contribution in [2.45, 2.75) is 0 Å². The van der Waals surface area contributed by atoms with Crippen LogP contribution in [-0.2, 0) is 0 Å². The topological polar surface area (TPSA) is 65.0 Å². The number of hydrogen-bond acceptors (Lipinski definition) is 5. The summed E-state index contributed by atoms with van der Waals surface area (Å²) in [5, 5.41) is 4.35. The van der Waals surface area contributed by atoms with Gasteiger partial charge in [0, 0.05) is 43.8 Å². The van der Waals surface area contributed by atoms with E-state index in [4.69, 9.17) is 23.8 Å². The first-order valence-corrected chi connectivity index (χ1v) is 20.7. The van der Waals surface area contributed by atoms with Gasteiger partial charge < -0.3 is 8.83 Å². The molecular formula is C57H35N3O2. The van der Waals surface area contributed by atoms with E-state index in [-0.39, 0.29) is 0 Å². The largest absolute Gasteiger partial charge is 0.456 e. The number of nitrogens with zero attached hydrogens (tertiary/aromatic N) is 3. The second-order valence-corrected chi connectivity index (χ2v) is 15.5. The molecule has 0 fully saturated rings. The minimum absolute atomic E-state index is 0.596. The van der Waals surface area contributed by atoms with Gasteiger partial charge in [0.05, 0.1) is 0 Å². The van der Waals surface area contributed by atoms with Gasteiger partial charge in [-0.2, -0.15) is 0 Å². The number of rotatable bonds is 7. The standard InChI is InChI=1S/C57H35N3O2/c1-3-13-36(14-4-1)40-17-11-19-43(33-40)56-58-55(59-57(60-56)44-20-12-18-41(34-44)37-15-5-2-6-16-37)39-27-25-38(26-28-39)46-31-30-45(53-48-22-8-10-24-51(48)62-54(46)53)42-29-32-52-49(35-42)47-21-7-9-23-50(47)61-52/h1-35H. The highest BCUT2D eigenvalue weighted by atomic mass is 16.3. The molecule has 12 rings (SSSR count). The Balaban J connectivity index is 0.971. The predicted molar refractivity (Wildman–Crippen MR) is 252 cm³/mol. The first kappa shape index (κ1) is 35.5. The quantitative estimate of drug-likeness (QED) is 0.161. The molecule has 0 amide bonds. The van der Waals surface area contributed by atoms with E-state index in [0.29, 0.717) is 17.5 Å². The number of benzene rings is 9. The van der Waals surface area contributed by atoms with Crippen molar-refractivity contribution in [3.8, 4) is 78.7 Å². The monoisotopic (exact) mass is 793 g/mol. The fraction of sp³-hybridized carbons (Fsp3) is 0. The van der Waals surface area contributed by atoms with Crippen LogP contribution in [0, 0.1) is 0 Å². The molecule has 5 nitrogen and oxygen atoms in total. The smallest absolute Gasteiger partial charge is 0.164 e. The fourth-order valence-electron chi connectivity index (χ4n) is 8.69. The predicted octanol–water partition coefficient (Wildman–Crippen LogP) is 15.3. The molecular weight excluding hydrogens is 759 g/mol. The molecule has 0 aliphatic carbocycles. The summed E-state index contributed by atoms with van der Waals surface area (Å²) in [6.07, 6.45) is 0. The van der Waals surface area contributed by atoms with Gasteiger partial charge in [0.1, 0.15) is 22.3 Å².